The predicted molar refractivity (Wildman–Crippen MR) is 85.0 cm³/mol. The highest BCUT2D eigenvalue weighted by atomic mass is 35.5. The molecule has 2 rings (SSSR count). The highest BCUT2D eigenvalue weighted by Crippen LogP contribution is 2.29. The predicted octanol–water partition coefficient (Wildman–Crippen LogP) is 3.58. The molecule has 6 heteroatoms. The fourth-order valence-electron chi connectivity index (χ4n) is 1.97. The Balaban J connectivity index is 2.18. The number of anilines is 1. The van der Waals surface area contributed by atoms with E-state index in [-0.39, 0.29) is 0 Å². The molecule has 0 bridgehead atoms. The van der Waals surface area contributed by atoms with Crippen molar-refractivity contribution in [3.63, 3.8) is 0 Å². The van der Waals surface area contributed by atoms with Gasteiger partial charge in [-0.15, -0.1) is 11.8 Å². The molecule has 0 atom stereocenters. The summed E-state index contributed by atoms with van der Waals surface area (Å²) in [4.78, 5) is 10.0. The number of aryl methyl sites for hydroxylation is 1. The summed E-state index contributed by atoms with van der Waals surface area (Å²) < 4.78 is 0. The summed E-state index contributed by atoms with van der Waals surface area (Å²) in [5, 5.41) is 0.747. The summed E-state index contributed by atoms with van der Waals surface area (Å²) in [5.41, 5.74) is 4.67. The number of nitrogens with two attached hydrogens (primary N) is 1. The standard InChI is InChI=1S/C14H17ClN4S/c1-3-10-9(2)17-13(18-14(10)19-16)8-20-12-7-5-4-6-11(12)15/h4-7H,3,8,16H2,1-2H3,(H,17,18,19). The van der Waals surface area contributed by atoms with Gasteiger partial charge < -0.3 is 5.43 Å². The van der Waals surface area contributed by atoms with E-state index in [1.54, 1.807) is 11.8 Å². The van der Waals surface area contributed by atoms with Crippen LogP contribution in [0, 0.1) is 6.92 Å². The fourth-order valence-corrected chi connectivity index (χ4v) is 3.06. The first-order valence-corrected chi connectivity index (χ1v) is 7.72. The fraction of sp³-hybridized carbons (Fsp3) is 0.286. The molecule has 0 unspecified atom stereocenters. The zero-order valence-corrected chi connectivity index (χ0v) is 13.1. The summed E-state index contributed by atoms with van der Waals surface area (Å²) in [7, 11) is 0. The molecular weight excluding hydrogens is 292 g/mol. The topological polar surface area (TPSA) is 63.8 Å². The summed E-state index contributed by atoms with van der Waals surface area (Å²) in [6.45, 7) is 4.04. The summed E-state index contributed by atoms with van der Waals surface area (Å²) in [5.74, 6) is 7.63. The molecule has 1 heterocycles. The third-order valence-electron chi connectivity index (χ3n) is 2.94. The average molecular weight is 309 g/mol. The van der Waals surface area contributed by atoms with E-state index in [1.165, 1.54) is 0 Å². The second kappa shape index (κ2) is 6.92. The molecular formula is C14H17ClN4S. The lowest BCUT2D eigenvalue weighted by atomic mass is 10.2. The van der Waals surface area contributed by atoms with Gasteiger partial charge in [-0.2, -0.15) is 0 Å². The van der Waals surface area contributed by atoms with Crippen molar-refractivity contribution in [2.45, 2.75) is 30.9 Å². The molecule has 0 aliphatic heterocycles. The number of nitrogens with zero attached hydrogens (tertiary/aromatic N) is 2. The van der Waals surface area contributed by atoms with Crippen molar-refractivity contribution in [2.75, 3.05) is 5.43 Å². The maximum absolute atomic E-state index is 6.13. The lowest BCUT2D eigenvalue weighted by molar-refractivity contribution is 0.935. The summed E-state index contributed by atoms with van der Waals surface area (Å²) in [6, 6.07) is 7.75. The second-order valence-electron chi connectivity index (χ2n) is 4.27. The molecule has 0 aliphatic rings. The van der Waals surface area contributed by atoms with Gasteiger partial charge >= 0.3 is 0 Å². The van der Waals surface area contributed by atoms with Crippen LogP contribution in [0.3, 0.4) is 0 Å². The van der Waals surface area contributed by atoms with Gasteiger partial charge in [-0.1, -0.05) is 30.7 Å². The highest BCUT2D eigenvalue weighted by molar-refractivity contribution is 7.98. The van der Waals surface area contributed by atoms with Crippen molar-refractivity contribution >= 4 is 29.2 Å². The quantitative estimate of drug-likeness (QED) is 0.502. The maximum Gasteiger partial charge on any atom is 0.147 e. The molecule has 4 nitrogen and oxygen atoms in total. The second-order valence-corrected chi connectivity index (χ2v) is 5.69. The van der Waals surface area contributed by atoms with Gasteiger partial charge in [0.25, 0.3) is 0 Å². The summed E-state index contributed by atoms with van der Waals surface area (Å²) >= 11 is 7.75. The third-order valence-corrected chi connectivity index (χ3v) is 4.46. The van der Waals surface area contributed by atoms with E-state index in [2.05, 4.69) is 22.3 Å². The number of thioether (sulfide) groups is 1. The van der Waals surface area contributed by atoms with Gasteiger partial charge in [0.05, 0.1) is 10.8 Å². The number of rotatable bonds is 5. The van der Waals surface area contributed by atoms with E-state index < -0.39 is 0 Å². The van der Waals surface area contributed by atoms with E-state index in [0.717, 1.165) is 33.4 Å². The Labute approximate surface area is 128 Å². The van der Waals surface area contributed by atoms with Crippen LogP contribution in [0.25, 0.3) is 0 Å². The van der Waals surface area contributed by atoms with Gasteiger partial charge in [-0.25, -0.2) is 15.8 Å². The lowest BCUT2D eigenvalue weighted by Gasteiger charge is -2.11. The first-order chi connectivity index (χ1) is 9.65. The van der Waals surface area contributed by atoms with Crippen LogP contribution in [0.1, 0.15) is 24.0 Å². The molecule has 0 saturated heterocycles. The first kappa shape index (κ1) is 15.1. The van der Waals surface area contributed by atoms with Gasteiger partial charge in [0.1, 0.15) is 11.6 Å². The molecule has 1 aromatic carbocycles. The minimum Gasteiger partial charge on any atom is -0.308 e. The van der Waals surface area contributed by atoms with Gasteiger partial charge in [0.2, 0.25) is 0 Å². The molecule has 0 spiro atoms. The zero-order valence-electron chi connectivity index (χ0n) is 11.5. The highest BCUT2D eigenvalue weighted by Gasteiger charge is 2.10. The molecule has 3 N–H and O–H groups in total. The number of nitrogen functional groups attached to an aromatic ring is 1. The van der Waals surface area contributed by atoms with Crippen LogP contribution in [0.5, 0.6) is 0 Å². The van der Waals surface area contributed by atoms with Gasteiger partial charge in [-0.05, 0) is 25.5 Å². The number of benzene rings is 1. The Morgan fingerprint density at radius 1 is 1.30 bits per heavy atom. The smallest absolute Gasteiger partial charge is 0.147 e. The first-order valence-electron chi connectivity index (χ1n) is 6.36. The Morgan fingerprint density at radius 2 is 2.05 bits per heavy atom. The minimum absolute atomic E-state index is 0.656. The molecule has 20 heavy (non-hydrogen) atoms. The van der Waals surface area contributed by atoms with Gasteiger partial charge in [0, 0.05) is 16.2 Å². The summed E-state index contributed by atoms with van der Waals surface area (Å²) in [6.07, 6.45) is 0.850. The van der Waals surface area contributed by atoms with Crippen molar-refractivity contribution in [3.8, 4) is 0 Å². The number of hydrazine groups is 1. The van der Waals surface area contributed by atoms with E-state index in [0.29, 0.717) is 11.6 Å². The van der Waals surface area contributed by atoms with Crippen molar-refractivity contribution in [1.29, 1.82) is 0 Å². The monoisotopic (exact) mass is 308 g/mol. The van der Waals surface area contributed by atoms with Gasteiger partial charge in [0.15, 0.2) is 0 Å². The van der Waals surface area contributed by atoms with Crippen LogP contribution in [-0.2, 0) is 12.2 Å². The maximum atomic E-state index is 6.13. The number of aromatic nitrogens is 2. The van der Waals surface area contributed by atoms with Crippen molar-refractivity contribution < 1.29 is 0 Å². The molecule has 0 fully saturated rings. The van der Waals surface area contributed by atoms with Crippen LogP contribution in [-0.4, -0.2) is 9.97 Å². The lowest BCUT2D eigenvalue weighted by Crippen LogP contribution is -2.14. The SMILES string of the molecule is CCc1c(C)nc(CSc2ccccc2Cl)nc1NN. The Hall–Kier alpha value is -1.30. The Morgan fingerprint density at radius 3 is 2.70 bits per heavy atom. The van der Waals surface area contributed by atoms with Crippen LogP contribution < -0.4 is 11.3 Å². The van der Waals surface area contributed by atoms with Crippen molar-refractivity contribution in [3.05, 3.63) is 46.4 Å². The molecule has 2 aromatic rings. The molecule has 0 amide bonds. The van der Waals surface area contributed by atoms with Crippen LogP contribution in [0.4, 0.5) is 5.82 Å². The van der Waals surface area contributed by atoms with E-state index >= 15 is 0 Å². The van der Waals surface area contributed by atoms with Crippen molar-refractivity contribution in [1.82, 2.24) is 9.97 Å². The van der Waals surface area contributed by atoms with Crippen LogP contribution >= 0.6 is 23.4 Å². The van der Waals surface area contributed by atoms with Gasteiger partial charge in [-0.3, -0.25) is 0 Å². The molecule has 106 valence electrons. The Bertz CT molecular complexity index is 604. The van der Waals surface area contributed by atoms with Crippen molar-refractivity contribution in [2.24, 2.45) is 5.84 Å². The molecule has 0 radical (unpaired) electrons. The van der Waals surface area contributed by atoms with Crippen LogP contribution in [0.2, 0.25) is 5.02 Å². The van der Waals surface area contributed by atoms with E-state index in [1.807, 2.05) is 31.2 Å². The Kier molecular flexibility index (Phi) is 5.23. The normalized spacial score (nSPS) is 10.6. The molecule has 0 saturated carbocycles. The number of hydrogen-bond acceptors (Lipinski definition) is 5. The van der Waals surface area contributed by atoms with Crippen LogP contribution in [0.15, 0.2) is 29.2 Å². The zero-order chi connectivity index (χ0) is 14.5. The number of hydrogen-bond donors (Lipinski definition) is 2. The largest absolute Gasteiger partial charge is 0.308 e. The number of halogens is 1. The third kappa shape index (κ3) is 3.42. The molecule has 1 aromatic heterocycles. The minimum atomic E-state index is 0.656. The van der Waals surface area contributed by atoms with E-state index in [9.17, 15) is 0 Å². The molecule has 0 aliphatic carbocycles. The number of nitrogens with one attached hydrogen (secondary N) is 1. The van der Waals surface area contributed by atoms with E-state index in [4.69, 9.17) is 17.4 Å². The average Bonchev–Trinajstić information content (AvgIpc) is 2.45.